The third-order valence-electron chi connectivity index (χ3n) is 3.95. The van der Waals surface area contributed by atoms with Gasteiger partial charge in [0, 0.05) is 24.6 Å². The second-order valence-corrected chi connectivity index (χ2v) is 5.09. The van der Waals surface area contributed by atoms with Crippen molar-refractivity contribution >= 4 is 5.69 Å². The normalized spacial score (nSPS) is 30.7. The SMILES string of the molecule is COc1ccc2c(c1)CC(O)C(C1CCOC1)N2. The quantitative estimate of drug-likeness (QED) is 0.832. The highest BCUT2D eigenvalue weighted by Gasteiger charge is 2.34. The van der Waals surface area contributed by atoms with Gasteiger partial charge >= 0.3 is 0 Å². The third kappa shape index (κ3) is 2.06. The van der Waals surface area contributed by atoms with Gasteiger partial charge in [0.25, 0.3) is 0 Å². The summed E-state index contributed by atoms with van der Waals surface area (Å²) in [6, 6.07) is 6.08. The van der Waals surface area contributed by atoms with Gasteiger partial charge in [-0.25, -0.2) is 0 Å². The molecule has 0 spiro atoms. The van der Waals surface area contributed by atoms with Crippen LogP contribution in [0.2, 0.25) is 0 Å². The van der Waals surface area contributed by atoms with E-state index in [4.69, 9.17) is 9.47 Å². The molecule has 0 bridgehead atoms. The summed E-state index contributed by atoms with van der Waals surface area (Å²) < 4.78 is 10.6. The van der Waals surface area contributed by atoms with E-state index in [0.29, 0.717) is 12.3 Å². The number of nitrogens with one attached hydrogen (secondary N) is 1. The zero-order valence-corrected chi connectivity index (χ0v) is 10.6. The molecule has 2 aliphatic rings. The Bertz CT molecular complexity index is 429. The molecule has 0 amide bonds. The molecule has 1 fully saturated rings. The number of benzene rings is 1. The molecule has 3 rings (SSSR count). The number of aliphatic hydroxyl groups excluding tert-OH is 1. The highest BCUT2D eigenvalue weighted by atomic mass is 16.5. The predicted molar refractivity (Wildman–Crippen MR) is 69.0 cm³/mol. The van der Waals surface area contributed by atoms with Crippen LogP contribution in [0.4, 0.5) is 5.69 Å². The van der Waals surface area contributed by atoms with Gasteiger partial charge < -0.3 is 19.9 Å². The second kappa shape index (κ2) is 4.78. The summed E-state index contributed by atoms with van der Waals surface area (Å²) in [6.07, 6.45) is 1.36. The molecule has 4 heteroatoms. The van der Waals surface area contributed by atoms with Crippen LogP contribution in [0.1, 0.15) is 12.0 Å². The first-order valence-corrected chi connectivity index (χ1v) is 6.47. The first-order chi connectivity index (χ1) is 8.78. The maximum absolute atomic E-state index is 10.3. The lowest BCUT2D eigenvalue weighted by Gasteiger charge is -2.35. The largest absolute Gasteiger partial charge is 0.497 e. The first kappa shape index (κ1) is 11.8. The third-order valence-corrected chi connectivity index (χ3v) is 3.95. The van der Waals surface area contributed by atoms with E-state index in [9.17, 15) is 5.11 Å². The van der Waals surface area contributed by atoms with E-state index >= 15 is 0 Å². The van der Waals surface area contributed by atoms with Gasteiger partial charge in [-0.15, -0.1) is 0 Å². The number of fused-ring (bicyclic) bond motifs is 1. The van der Waals surface area contributed by atoms with Crippen molar-refractivity contribution in [3.63, 3.8) is 0 Å². The van der Waals surface area contributed by atoms with Gasteiger partial charge in [-0.3, -0.25) is 0 Å². The molecule has 1 aromatic rings. The Morgan fingerprint density at radius 2 is 2.33 bits per heavy atom. The van der Waals surface area contributed by atoms with E-state index in [0.717, 1.165) is 36.6 Å². The van der Waals surface area contributed by atoms with Gasteiger partial charge in [0.15, 0.2) is 0 Å². The Balaban J connectivity index is 1.82. The fourth-order valence-corrected chi connectivity index (χ4v) is 2.90. The average molecular weight is 249 g/mol. The number of ether oxygens (including phenoxy) is 2. The Morgan fingerprint density at radius 1 is 1.44 bits per heavy atom. The van der Waals surface area contributed by atoms with Gasteiger partial charge in [-0.2, -0.15) is 0 Å². The van der Waals surface area contributed by atoms with Crippen molar-refractivity contribution in [2.45, 2.75) is 25.0 Å². The van der Waals surface area contributed by atoms with Gasteiger partial charge in [-0.05, 0) is 30.2 Å². The summed E-state index contributed by atoms with van der Waals surface area (Å²) in [7, 11) is 1.66. The topological polar surface area (TPSA) is 50.7 Å². The molecular formula is C14H19NO3. The molecule has 1 aromatic carbocycles. The number of aliphatic hydroxyl groups is 1. The number of anilines is 1. The maximum Gasteiger partial charge on any atom is 0.119 e. The molecular weight excluding hydrogens is 230 g/mol. The number of rotatable bonds is 2. The smallest absolute Gasteiger partial charge is 0.119 e. The lowest BCUT2D eigenvalue weighted by atomic mass is 9.86. The van der Waals surface area contributed by atoms with Crippen molar-refractivity contribution in [3.8, 4) is 5.75 Å². The predicted octanol–water partition coefficient (Wildman–Crippen LogP) is 1.43. The van der Waals surface area contributed by atoms with Crippen LogP contribution in [0.15, 0.2) is 18.2 Å². The van der Waals surface area contributed by atoms with Gasteiger partial charge in [-0.1, -0.05) is 0 Å². The van der Waals surface area contributed by atoms with E-state index in [1.807, 2.05) is 18.2 Å². The van der Waals surface area contributed by atoms with Crippen molar-refractivity contribution in [1.82, 2.24) is 0 Å². The monoisotopic (exact) mass is 249 g/mol. The van der Waals surface area contributed by atoms with Gasteiger partial charge in [0.2, 0.25) is 0 Å². The van der Waals surface area contributed by atoms with Crippen molar-refractivity contribution in [3.05, 3.63) is 23.8 Å². The zero-order valence-electron chi connectivity index (χ0n) is 10.6. The van der Waals surface area contributed by atoms with E-state index in [2.05, 4.69) is 5.32 Å². The van der Waals surface area contributed by atoms with Crippen LogP contribution >= 0.6 is 0 Å². The van der Waals surface area contributed by atoms with Crippen molar-refractivity contribution < 1.29 is 14.6 Å². The minimum Gasteiger partial charge on any atom is -0.497 e. The van der Waals surface area contributed by atoms with Crippen LogP contribution in [0.5, 0.6) is 5.75 Å². The van der Waals surface area contributed by atoms with Crippen LogP contribution in [0.3, 0.4) is 0 Å². The zero-order chi connectivity index (χ0) is 12.5. The Hall–Kier alpha value is -1.26. The Kier molecular flexibility index (Phi) is 3.14. The molecule has 3 unspecified atom stereocenters. The second-order valence-electron chi connectivity index (χ2n) is 5.09. The Labute approximate surface area is 107 Å². The summed E-state index contributed by atoms with van der Waals surface area (Å²) in [4.78, 5) is 0. The summed E-state index contributed by atoms with van der Waals surface area (Å²) in [5, 5.41) is 13.7. The number of hydrogen-bond acceptors (Lipinski definition) is 4. The van der Waals surface area contributed by atoms with Gasteiger partial charge in [0.05, 0.1) is 25.9 Å². The van der Waals surface area contributed by atoms with E-state index < -0.39 is 0 Å². The maximum atomic E-state index is 10.3. The van der Waals surface area contributed by atoms with E-state index in [-0.39, 0.29) is 12.1 Å². The van der Waals surface area contributed by atoms with Crippen LogP contribution in [0.25, 0.3) is 0 Å². The molecule has 0 saturated carbocycles. The summed E-state index contributed by atoms with van der Waals surface area (Å²) in [5.74, 6) is 1.25. The number of methoxy groups -OCH3 is 1. The first-order valence-electron chi connectivity index (χ1n) is 6.47. The molecule has 1 saturated heterocycles. The molecule has 2 heterocycles. The highest BCUT2D eigenvalue weighted by Crippen LogP contribution is 2.33. The Morgan fingerprint density at radius 3 is 3.06 bits per heavy atom. The average Bonchev–Trinajstić information content (AvgIpc) is 2.91. The summed E-state index contributed by atoms with van der Waals surface area (Å²) in [6.45, 7) is 1.56. The molecule has 18 heavy (non-hydrogen) atoms. The minimum absolute atomic E-state index is 0.105. The fourth-order valence-electron chi connectivity index (χ4n) is 2.90. The van der Waals surface area contributed by atoms with Gasteiger partial charge in [0.1, 0.15) is 5.75 Å². The summed E-state index contributed by atoms with van der Waals surface area (Å²) >= 11 is 0. The molecule has 0 aliphatic carbocycles. The van der Waals surface area contributed by atoms with Crippen LogP contribution in [-0.4, -0.2) is 37.6 Å². The van der Waals surface area contributed by atoms with Crippen LogP contribution in [-0.2, 0) is 11.2 Å². The standard InChI is InChI=1S/C14H19NO3/c1-17-11-2-3-12-10(6-11)7-13(16)14(15-12)9-4-5-18-8-9/h2-3,6,9,13-16H,4-5,7-8H2,1H3. The summed E-state index contributed by atoms with van der Waals surface area (Å²) in [5.41, 5.74) is 2.23. The fraction of sp³-hybridized carbons (Fsp3) is 0.571. The lowest BCUT2D eigenvalue weighted by Crippen LogP contribution is -2.44. The van der Waals surface area contributed by atoms with E-state index in [1.165, 1.54) is 0 Å². The molecule has 3 atom stereocenters. The van der Waals surface area contributed by atoms with Crippen LogP contribution < -0.4 is 10.1 Å². The molecule has 0 radical (unpaired) electrons. The minimum atomic E-state index is -0.351. The molecule has 2 N–H and O–H groups in total. The van der Waals surface area contributed by atoms with Crippen molar-refractivity contribution in [2.24, 2.45) is 5.92 Å². The van der Waals surface area contributed by atoms with E-state index in [1.54, 1.807) is 7.11 Å². The molecule has 2 aliphatic heterocycles. The van der Waals surface area contributed by atoms with Crippen LogP contribution in [0, 0.1) is 5.92 Å². The molecule has 98 valence electrons. The van der Waals surface area contributed by atoms with Crippen molar-refractivity contribution in [1.29, 1.82) is 0 Å². The lowest BCUT2D eigenvalue weighted by molar-refractivity contribution is 0.111. The molecule has 0 aromatic heterocycles. The molecule has 4 nitrogen and oxygen atoms in total. The number of hydrogen-bond donors (Lipinski definition) is 2. The van der Waals surface area contributed by atoms with Crippen molar-refractivity contribution in [2.75, 3.05) is 25.6 Å². The highest BCUT2D eigenvalue weighted by molar-refractivity contribution is 5.57.